The number of nitrogens with two attached hydrogens (primary N) is 1. The van der Waals surface area contributed by atoms with Crippen molar-refractivity contribution >= 4 is 11.7 Å². The maximum absolute atomic E-state index is 10.9. The van der Waals surface area contributed by atoms with Crippen molar-refractivity contribution in [2.24, 2.45) is 5.73 Å². The number of hydrogen-bond donors (Lipinski definition) is 1. The number of amides is 1. The van der Waals surface area contributed by atoms with Crippen LogP contribution in [0, 0.1) is 0 Å². The molecule has 0 radical (unpaired) electrons. The Morgan fingerprint density at radius 1 is 1.36 bits per heavy atom. The highest BCUT2D eigenvalue weighted by Crippen LogP contribution is 2.03. The van der Waals surface area contributed by atoms with Gasteiger partial charge in [-0.25, -0.2) is 0 Å². The molecule has 11 heavy (non-hydrogen) atoms. The van der Waals surface area contributed by atoms with E-state index in [2.05, 4.69) is 6.58 Å². The zero-order valence-corrected chi connectivity index (χ0v) is 6.68. The first-order valence-corrected chi connectivity index (χ1v) is 3.14. The molecule has 60 valence electrons. The van der Waals surface area contributed by atoms with Gasteiger partial charge in [0, 0.05) is 0 Å². The Kier molecular flexibility index (Phi) is 3.24. The Balaban J connectivity index is 4.94. The van der Waals surface area contributed by atoms with Crippen LogP contribution in [0.3, 0.4) is 0 Å². The van der Waals surface area contributed by atoms with Crippen molar-refractivity contribution < 1.29 is 9.59 Å². The van der Waals surface area contributed by atoms with Crippen LogP contribution in [-0.2, 0) is 9.59 Å². The average Bonchev–Trinajstić information content (AvgIpc) is 1.85. The predicted molar refractivity (Wildman–Crippen MR) is 42.8 cm³/mol. The van der Waals surface area contributed by atoms with Crippen LogP contribution in [-0.4, -0.2) is 11.7 Å². The van der Waals surface area contributed by atoms with E-state index in [1.54, 1.807) is 13.8 Å². The molecule has 3 heteroatoms. The van der Waals surface area contributed by atoms with Crippen LogP contribution in [0.5, 0.6) is 0 Å². The quantitative estimate of drug-likeness (QED) is 0.366. The summed E-state index contributed by atoms with van der Waals surface area (Å²) in [6.07, 6.45) is 1.08. The maximum atomic E-state index is 10.9. The molecule has 0 aromatic rings. The molecular formula is C8H11NO2. The van der Waals surface area contributed by atoms with Crippen LogP contribution >= 0.6 is 0 Å². The van der Waals surface area contributed by atoms with Crippen molar-refractivity contribution in [2.75, 3.05) is 0 Å². The van der Waals surface area contributed by atoms with E-state index in [4.69, 9.17) is 5.73 Å². The Morgan fingerprint density at radius 3 is 1.91 bits per heavy atom. The smallest absolute Gasteiger partial charge is 0.252 e. The van der Waals surface area contributed by atoms with Crippen molar-refractivity contribution in [3.8, 4) is 0 Å². The predicted octanol–water partition coefficient (Wildman–Crippen LogP) is 0.563. The molecule has 0 fully saturated rings. The lowest BCUT2D eigenvalue weighted by Crippen LogP contribution is -2.20. The molecular weight excluding hydrogens is 142 g/mol. The third kappa shape index (κ3) is 2.37. The number of carbonyl (C=O) groups is 2. The van der Waals surface area contributed by atoms with Gasteiger partial charge in [-0.05, 0) is 19.9 Å². The van der Waals surface area contributed by atoms with Crippen molar-refractivity contribution in [1.82, 2.24) is 0 Å². The molecule has 0 saturated heterocycles. The van der Waals surface area contributed by atoms with Gasteiger partial charge < -0.3 is 5.73 Å². The van der Waals surface area contributed by atoms with E-state index in [1.807, 2.05) is 0 Å². The standard InChI is InChI=1S/C8H11NO2/c1-4-6(10)7(5(2)3)8(9)11/h4H,1H2,2-3H3,(H2,9,11). The van der Waals surface area contributed by atoms with Gasteiger partial charge >= 0.3 is 0 Å². The van der Waals surface area contributed by atoms with Gasteiger partial charge in [-0.3, -0.25) is 9.59 Å². The summed E-state index contributed by atoms with van der Waals surface area (Å²) in [4.78, 5) is 21.6. The largest absolute Gasteiger partial charge is 0.365 e. The van der Waals surface area contributed by atoms with Crippen LogP contribution in [0.15, 0.2) is 23.8 Å². The summed E-state index contributed by atoms with van der Waals surface area (Å²) in [7, 11) is 0. The Morgan fingerprint density at radius 2 is 1.82 bits per heavy atom. The van der Waals surface area contributed by atoms with Gasteiger partial charge in [0.15, 0.2) is 5.78 Å². The molecule has 0 spiro atoms. The molecule has 2 N–H and O–H groups in total. The molecule has 1 amide bonds. The minimum atomic E-state index is -0.699. The molecule has 0 aliphatic heterocycles. The van der Waals surface area contributed by atoms with Crippen molar-refractivity contribution in [3.05, 3.63) is 23.8 Å². The lowest BCUT2D eigenvalue weighted by molar-refractivity contribution is -0.118. The topological polar surface area (TPSA) is 60.2 Å². The summed E-state index contributed by atoms with van der Waals surface area (Å²) in [6.45, 7) is 6.56. The summed E-state index contributed by atoms with van der Waals surface area (Å²) in [5.74, 6) is -1.12. The van der Waals surface area contributed by atoms with Crippen molar-refractivity contribution in [1.29, 1.82) is 0 Å². The Labute approximate surface area is 65.6 Å². The highest BCUT2D eigenvalue weighted by Gasteiger charge is 2.12. The number of carbonyl (C=O) groups excluding carboxylic acids is 2. The van der Waals surface area contributed by atoms with Crippen LogP contribution in [0.4, 0.5) is 0 Å². The summed E-state index contributed by atoms with van der Waals surface area (Å²) in [6, 6.07) is 0. The molecule has 0 aromatic heterocycles. The summed E-state index contributed by atoms with van der Waals surface area (Å²) >= 11 is 0. The molecule has 0 rings (SSSR count). The molecule has 0 atom stereocenters. The number of ketones is 1. The zero-order valence-electron chi connectivity index (χ0n) is 6.68. The second-order valence-electron chi connectivity index (χ2n) is 2.31. The second-order valence-corrected chi connectivity index (χ2v) is 2.31. The van der Waals surface area contributed by atoms with Crippen molar-refractivity contribution in [3.63, 3.8) is 0 Å². The Hall–Kier alpha value is -1.38. The first kappa shape index (κ1) is 9.62. The number of allylic oxidation sites excluding steroid dienone is 2. The lowest BCUT2D eigenvalue weighted by Gasteiger charge is -1.99. The minimum absolute atomic E-state index is 0.0278. The van der Waals surface area contributed by atoms with E-state index in [0.717, 1.165) is 6.08 Å². The highest BCUT2D eigenvalue weighted by atomic mass is 16.2. The third-order valence-electron chi connectivity index (χ3n) is 1.18. The first-order valence-electron chi connectivity index (χ1n) is 3.14. The van der Waals surface area contributed by atoms with Gasteiger partial charge in [0.25, 0.3) is 5.91 Å². The minimum Gasteiger partial charge on any atom is -0.365 e. The molecule has 0 saturated carbocycles. The van der Waals surface area contributed by atoms with Gasteiger partial charge in [-0.15, -0.1) is 0 Å². The van der Waals surface area contributed by atoms with E-state index in [0.29, 0.717) is 5.57 Å². The fraction of sp³-hybridized carbons (Fsp3) is 0.250. The fourth-order valence-corrected chi connectivity index (χ4v) is 0.716. The average molecular weight is 153 g/mol. The molecule has 0 bridgehead atoms. The van der Waals surface area contributed by atoms with Gasteiger partial charge in [0.1, 0.15) is 0 Å². The SMILES string of the molecule is C=CC(=O)C(C(N)=O)=C(C)C. The Bertz CT molecular complexity index is 234. The van der Waals surface area contributed by atoms with Gasteiger partial charge in [0.2, 0.25) is 0 Å². The van der Waals surface area contributed by atoms with Crippen LogP contribution in [0.1, 0.15) is 13.8 Å². The second kappa shape index (κ2) is 3.71. The van der Waals surface area contributed by atoms with Gasteiger partial charge in [0.05, 0.1) is 5.57 Å². The summed E-state index contributed by atoms with van der Waals surface area (Å²) < 4.78 is 0. The summed E-state index contributed by atoms with van der Waals surface area (Å²) in [5, 5.41) is 0. The number of primary amides is 1. The van der Waals surface area contributed by atoms with Crippen molar-refractivity contribution in [2.45, 2.75) is 13.8 Å². The molecule has 0 aliphatic rings. The summed E-state index contributed by atoms with van der Waals surface area (Å²) in [5.41, 5.74) is 5.59. The lowest BCUT2D eigenvalue weighted by atomic mass is 10.1. The van der Waals surface area contributed by atoms with Crippen LogP contribution in [0.25, 0.3) is 0 Å². The van der Waals surface area contributed by atoms with Gasteiger partial charge in [-0.1, -0.05) is 12.2 Å². The molecule has 0 heterocycles. The van der Waals surface area contributed by atoms with Crippen LogP contribution in [0.2, 0.25) is 0 Å². The molecule has 0 aromatic carbocycles. The first-order chi connectivity index (χ1) is 5.00. The van der Waals surface area contributed by atoms with E-state index in [-0.39, 0.29) is 5.57 Å². The number of hydrogen-bond acceptors (Lipinski definition) is 2. The molecule has 0 unspecified atom stereocenters. The van der Waals surface area contributed by atoms with E-state index in [1.165, 1.54) is 0 Å². The van der Waals surface area contributed by atoms with Crippen LogP contribution < -0.4 is 5.73 Å². The van der Waals surface area contributed by atoms with E-state index >= 15 is 0 Å². The molecule has 0 aliphatic carbocycles. The van der Waals surface area contributed by atoms with Gasteiger partial charge in [-0.2, -0.15) is 0 Å². The van der Waals surface area contributed by atoms with E-state index < -0.39 is 11.7 Å². The zero-order chi connectivity index (χ0) is 9.02. The fourth-order valence-electron chi connectivity index (χ4n) is 0.716. The van der Waals surface area contributed by atoms with E-state index in [9.17, 15) is 9.59 Å². The highest BCUT2D eigenvalue weighted by molar-refractivity contribution is 6.23. The normalized spacial score (nSPS) is 8.55. The number of rotatable bonds is 3. The monoisotopic (exact) mass is 153 g/mol. The third-order valence-corrected chi connectivity index (χ3v) is 1.18. The molecule has 3 nitrogen and oxygen atoms in total. The maximum Gasteiger partial charge on any atom is 0.252 e.